The zero-order chi connectivity index (χ0) is 29.0. The molecule has 4 aromatic rings. The molecule has 0 radical (unpaired) electrons. The van der Waals surface area contributed by atoms with Gasteiger partial charge in [-0.25, -0.2) is 9.37 Å². The lowest BCUT2D eigenvalue weighted by atomic mass is 9.98. The summed E-state index contributed by atoms with van der Waals surface area (Å²) < 4.78 is 19.6. The second kappa shape index (κ2) is 12.0. The van der Waals surface area contributed by atoms with Gasteiger partial charge in [-0.15, -0.1) is 0 Å². The summed E-state index contributed by atoms with van der Waals surface area (Å²) in [4.78, 5) is 28.5. The molecular formula is C31H33FN6O3. The molecule has 1 aliphatic rings. The summed E-state index contributed by atoms with van der Waals surface area (Å²) in [6.45, 7) is 5.73. The first-order valence-corrected chi connectivity index (χ1v) is 13.5. The maximum Gasteiger partial charge on any atom is 0.255 e. The fraction of sp³-hybridized carbons (Fsp3) is 0.290. The van der Waals surface area contributed by atoms with Gasteiger partial charge in [-0.05, 0) is 55.3 Å². The summed E-state index contributed by atoms with van der Waals surface area (Å²) in [6, 6.07) is 19.7. The molecular weight excluding hydrogens is 523 g/mol. The summed E-state index contributed by atoms with van der Waals surface area (Å²) in [5.41, 5.74) is 8.92. The summed E-state index contributed by atoms with van der Waals surface area (Å²) in [7, 11) is 0. The number of nitrogens with zero attached hydrogens (tertiary/aromatic N) is 4. The minimum absolute atomic E-state index is 0.0594. The average molecular weight is 557 g/mol. The van der Waals surface area contributed by atoms with Crippen LogP contribution in [0.25, 0.3) is 11.4 Å². The number of carbonyl (C=O) groups excluding carboxylic acids is 1. The molecule has 3 aromatic carbocycles. The number of ether oxygens (including phenoxy) is 1. The number of nitrogens with one attached hydrogen (secondary N) is 1. The molecule has 0 atom stereocenters. The molecule has 5 rings (SSSR count). The first-order chi connectivity index (χ1) is 19.7. The van der Waals surface area contributed by atoms with Gasteiger partial charge < -0.3 is 25.8 Å². The molecule has 2 heterocycles. The van der Waals surface area contributed by atoms with Crippen LogP contribution in [0.1, 0.15) is 46.7 Å². The van der Waals surface area contributed by atoms with E-state index < -0.39 is 11.6 Å². The lowest BCUT2D eigenvalue weighted by molar-refractivity contribution is 0.102. The highest BCUT2D eigenvalue weighted by atomic mass is 19.1. The van der Waals surface area contributed by atoms with Crippen molar-refractivity contribution in [1.82, 2.24) is 15.0 Å². The fourth-order valence-electron chi connectivity index (χ4n) is 4.76. The van der Waals surface area contributed by atoms with Crippen LogP contribution in [0.15, 0.2) is 66.7 Å². The minimum Gasteiger partial charge on any atom is -0.392 e. The number of carbonyl (C=O) groups is 1. The quantitative estimate of drug-likeness (QED) is 0.290. The second-order valence-electron chi connectivity index (χ2n) is 10.4. The van der Waals surface area contributed by atoms with Crippen LogP contribution in [-0.2, 0) is 23.4 Å². The van der Waals surface area contributed by atoms with E-state index in [4.69, 9.17) is 10.5 Å². The molecule has 1 aromatic heterocycles. The van der Waals surface area contributed by atoms with Crippen molar-refractivity contribution in [1.29, 1.82) is 0 Å². The highest BCUT2D eigenvalue weighted by Gasteiger charge is 2.20. The summed E-state index contributed by atoms with van der Waals surface area (Å²) in [6.07, 6.45) is 0.444. The number of amides is 1. The van der Waals surface area contributed by atoms with Crippen molar-refractivity contribution in [3.8, 4) is 11.4 Å². The molecule has 1 aliphatic heterocycles. The summed E-state index contributed by atoms with van der Waals surface area (Å²) in [5, 5.41) is 13.1. The molecule has 10 heteroatoms. The van der Waals surface area contributed by atoms with Gasteiger partial charge in [0.15, 0.2) is 5.82 Å². The van der Waals surface area contributed by atoms with Crippen molar-refractivity contribution < 1.29 is 19.0 Å². The third-order valence-electron chi connectivity index (χ3n) is 7.03. The highest BCUT2D eigenvalue weighted by molar-refractivity contribution is 6.05. The van der Waals surface area contributed by atoms with Crippen molar-refractivity contribution in [2.75, 3.05) is 42.3 Å². The van der Waals surface area contributed by atoms with E-state index in [1.807, 2.05) is 12.1 Å². The van der Waals surface area contributed by atoms with Crippen molar-refractivity contribution in [2.45, 2.75) is 32.5 Å². The first kappa shape index (κ1) is 28.1. The molecule has 0 unspecified atom stereocenters. The summed E-state index contributed by atoms with van der Waals surface area (Å²) in [5.74, 6) is 0.452. The number of nitrogen functional groups attached to an aromatic ring is 1. The molecule has 41 heavy (non-hydrogen) atoms. The minimum atomic E-state index is -1.51. The number of hydrogen-bond donors (Lipinski definition) is 3. The predicted octanol–water partition coefficient (Wildman–Crippen LogP) is 4.50. The number of nitrogens with two attached hydrogens (primary N) is 1. The number of aliphatic hydroxyl groups is 1. The predicted molar refractivity (Wildman–Crippen MR) is 156 cm³/mol. The molecule has 0 spiro atoms. The Morgan fingerprint density at radius 3 is 2.39 bits per heavy atom. The van der Waals surface area contributed by atoms with Gasteiger partial charge >= 0.3 is 0 Å². The number of halogens is 1. The van der Waals surface area contributed by atoms with Gasteiger partial charge in [-0.2, -0.15) is 9.97 Å². The average Bonchev–Trinajstić information content (AvgIpc) is 2.97. The molecule has 0 saturated carbocycles. The van der Waals surface area contributed by atoms with Crippen molar-refractivity contribution in [3.05, 3.63) is 94.8 Å². The fourth-order valence-corrected chi connectivity index (χ4v) is 4.76. The van der Waals surface area contributed by atoms with E-state index in [1.54, 1.807) is 42.5 Å². The van der Waals surface area contributed by atoms with Gasteiger partial charge in [0, 0.05) is 47.6 Å². The van der Waals surface area contributed by atoms with Crippen LogP contribution in [0, 0.1) is 0 Å². The number of hydrogen-bond acceptors (Lipinski definition) is 8. The van der Waals surface area contributed by atoms with Crippen molar-refractivity contribution in [3.63, 3.8) is 0 Å². The van der Waals surface area contributed by atoms with Gasteiger partial charge in [0.2, 0.25) is 5.95 Å². The number of alkyl halides is 1. The molecule has 0 bridgehead atoms. The van der Waals surface area contributed by atoms with Gasteiger partial charge in [-0.1, -0.05) is 36.4 Å². The van der Waals surface area contributed by atoms with E-state index in [-0.39, 0.29) is 12.6 Å². The van der Waals surface area contributed by atoms with Crippen molar-refractivity contribution >= 4 is 23.2 Å². The topological polar surface area (TPSA) is 126 Å². The van der Waals surface area contributed by atoms with Gasteiger partial charge in [0.25, 0.3) is 5.91 Å². The third kappa shape index (κ3) is 6.67. The molecule has 1 saturated heterocycles. The Morgan fingerprint density at radius 1 is 1.02 bits per heavy atom. The van der Waals surface area contributed by atoms with E-state index >= 15 is 0 Å². The Morgan fingerprint density at radius 2 is 1.73 bits per heavy atom. The maximum absolute atomic E-state index is 14.2. The molecule has 9 nitrogen and oxygen atoms in total. The number of anilines is 3. The molecule has 212 valence electrons. The van der Waals surface area contributed by atoms with E-state index in [2.05, 4.69) is 37.3 Å². The Kier molecular flexibility index (Phi) is 8.23. The normalized spacial score (nSPS) is 13.7. The van der Waals surface area contributed by atoms with E-state index in [9.17, 15) is 14.3 Å². The van der Waals surface area contributed by atoms with E-state index in [0.717, 1.165) is 37.6 Å². The molecule has 4 N–H and O–H groups in total. The number of aromatic nitrogens is 3. The molecule has 1 amide bonds. The third-order valence-corrected chi connectivity index (χ3v) is 7.03. The first-order valence-electron chi connectivity index (χ1n) is 13.5. The Balaban J connectivity index is 1.36. The van der Waals surface area contributed by atoms with Crippen LogP contribution < -0.4 is 16.0 Å². The van der Waals surface area contributed by atoms with E-state index in [0.29, 0.717) is 46.0 Å². The molecule has 0 aliphatic carbocycles. The lowest BCUT2D eigenvalue weighted by Gasteiger charge is -2.28. The van der Waals surface area contributed by atoms with Crippen LogP contribution >= 0.6 is 0 Å². The number of rotatable bonds is 8. The van der Waals surface area contributed by atoms with Crippen LogP contribution in [0.5, 0.6) is 0 Å². The van der Waals surface area contributed by atoms with E-state index in [1.165, 1.54) is 13.8 Å². The van der Waals surface area contributed by atoms with Crippen LogP contribution in [0.4, 0.5) is 21.7 Å². The second-order valence-corrected chi connectivity index (χ2v) is 10.4. The Bertz CT molecular complexity index is 1510. The van der Waals surface area contributed by atoms with Crippen molar-refractivity contribution in [2.24, 2.45) is 0 Å². The van der Waals surface area contributed by atoms with Gasteiger partial charge in [0.05, 0.1) is 19.8 Å². The smallest absolute Gasteiger partial charge is 0.255 e. The SMILES string of the molecule is CC(C)(F)c1ccc(C(=O)Nc2cccc(-c3nc(N)nc(Cc4ccc(N5CCOCC5)cc4)n3)c2CO)cc1. The maximum atomic E-state index is 14.2. The van der Waals surface area contributed by atoms with Crippen LogP contribution in [0.2, 0.25) is 0 Å². The zero-order valence-electron chi connectivity index (χ0n) is 23.1. The lowest BCUT2D eigenvalue weighted by Crippen LogP contribution is -2.36. The van der Waals surface area contributed by atoms with Gasteiger partial charge in [-0.3, -0.25) is 4.79 Å². The standard InChI is InChI=1S/C31H33FN6O3/c1-31(2,32)22-10-8-21(9-11-22)29(40)34-26-5-3-4-24(25(26)19-39)28-35-27(36-30(33)37-28)18-20-6-12-23(13-7-20)38-14-16-41-17-15-38/h3-13,39H,14-19H2,1-2H3,(H,34,40)(H2,33,35,36,37). The Labute approximate surface area is 238 Å². The summed E-state index contributed by atoms with van der Waals surface area (Å²) >= 11 is 0. The highest BCUT2D eigenvalue weighted by Crippen LogP contribution is 2.29. The van der Waals surface area contributed by atoms with Crippen LogP contribution in [-0.4, -0.2) is 52.3 Å². The largest absolute Gasteiger partial charge is 0.392 e. The Hall–Kier alpha value is -4.41. The number of morpholine rings is 1. The number of benzene rings is 3. The molecule has 1 fully saturated rings. The number of aliphatic hydroxyl groups excluding tert-OH is 1. The monoisotopic (exact) mass is 556 g/mol. The van der Waals surface area contributed by atoms with Crippen LogP contribution in [0.3, 0.4) is 0 Å². The zero-order valence-corrected chi connectivity index (χ0v) is 23.1. The van der Waals surface area contributed by atoms with Gasteiger partial charge in [0.1, 0.15) is 11.5 Å².